The minimum atomic E-state index is -0.421. The van der Waals surface area contributed by atoms with Crippen molar-refractivity contribution >= 4 is 74.6 Å². The molecule has 0 spiro atoms. The van der Waals surface area contributed by atoms with Gasteiger partial charge in [-0.25, -0.2) is 0 Å². The molecule has 1 N–H and O–H groups in total. The molecule has 1 saturated heterocycles. The van der Waals surface area contributed by atoms with E-state index >= 15 is 0 Å². The third-order valence-electron chi connectivity index (χ3n) is 13.6. The Hall–Kier alpha value is -1.80. The number of fused-ring (bicyclic) bond motifs is 4. The van der Waals surface area contributed by atoms with E-state index in [0.717, 1.165) is 89.8 Å². The van der Waals surface area contributed by atoms with Gasteiger partial charge in [0.2, 0.25) is 0 Å². The smallest absolute Gasteiger partial charge is 1.00 e. The number of halogens is 3. The third kappa shape index (κ3) is 14.5. The van der Waals surface area contributed by atoms with Crippen LogP contribution in [-0.2, 0) is 22.2 Å². The molecule has 0 amide bonds. The van der Waals surface area contributed by atoms with Gasteiger partial charge in [-0.3, -0.25) is 4.79 Å². The zero-order valence-electron chi connectivity index (χ0n) is 44.5. The second-order valence-corrected chi connectivity index (χ2v) is 24.5. The topological polar surface area (TPSA) is 92.7 Å². The van der Waals surface area contributed by atoms with Crippen LogP contribution in [-0.4, -0.2) is 60.0 Å². The van der Waals surface area contributed by atoms with Crippen LogP contribution < -0.4 is 54.0 Å². The van der Waals surface area contributed by atoms with Gasteiger partial charge in [-0.05, 0) is 183 Å². The van der Waals surface area contributed by atoms with Crippen LogP contribution in [0.15, 0.2) is 61.9 Å². The molecule has 0 bridgehead atoms. The van der Waals surface area contributed by atoms with E-state index < -0.39 is 11.7 Å². The minimum Gasteiger partial charge on any atom is -1.00 e. The van der Waals surface area contributed by atoms with Crippen molar-refractivity contribution in [2.24, 2.45) is 0 Å². The molecule has 5 aliphatic heterocycles. The number of carbonyl (C=O) groups excluding carboxylic acids is 1. The van der Waals surface area contributed by atoms with Crippen LogP contribution in [0, 0.1) is 27.7 Å². The van der Waals surface area contributed by atoms with E-state index in [9.17, 15) is 9.90 Å². The van der Waals surface area contributed by atoms with Gasteiger partial charge in [-0.2, -0.15) is 0 Å². The van der Waals surface area contributed by atoms with Gasteiger partial charge in [0.25, 0.3) is 0 Å². The number of aryl methyl sites for hydroxylation is 2. The Kier molecular flexibility index (Phi) is 21.9. The molecular formula is C56H79B2Br3NaO8. The van der Waals surface area contributed by atoms with Crippen LogP contribution in [0.5, 0.6) is 23.0 Å². The molecule has 8 nitrogen and oxygen atoms in total. The summed E-state index contributed by atoms with van der Waals surface area (Å²) in [5.41, 5.74) is 8.27. The summed E-state index contributed by atoms with van der Waals surface area (Å²) in [6.45, 7) is 33.0. The summed E-state index contributed by atoms with van der Waals surface area (Å²) in [6, 6.07) is 16.2. The van der Waals surface area contributed by atoms with Gasteiger partial charge >= 0.3 is 36.7 Å². The van der Waals surface area contributed by atoms with Crippen molar-refractivity contribution in [2.45, 2.75) is 204 Å². The maximum Gasteiger partial charge on any atom is 1.00 e. The SMILES string of the molecule is C.C.Cc1c(B2OC(C)(C)C(C)(C)O2)ccc2c1OC(C)(C)CC2.Cc1c(Br)ccc2c1OC(C)(C)CC2.Cc1c(Br)ccc2c1OC(C)(C)CC2=O.Cc1c(Br)ccc2c1OC(C)(C)CC2O.[B].[H-].[Na+]. The quantitative estimate of drug-likeness (QED) is 0.189. The zero-order valence-corrected chi connectivity index (χ0v) is 50.3. The van der Waals surface area contributed by atoms with Crippen molar-refractivity contribution in [3.05, 3.63) is 106 Å². The van der Waals surface area contributed by atoms with Crippen molar-refractivity contribution in [1.29, 1.82) is 0 Å². The third-order valence-corrected chi connectivity index (χ3v) is 16.2. The Morgan fingerprint density at radius 1 is 0.557 bits per heavy atom. The summed E-state index contributed by atoms with van der Waals surface area (Å²) >= 11 is 10.4. The van der Waals surface area contributed by atoms with E-state index in [0.29, 0.717) is 18.4 Å². The van der Waals surface area contributed by atoms with Crippen LogP contribution in [0.2, 0.25) is 0 Å². The van der Waals surface area contributed by atoms with Crippen LogP contribution in [0.25, 0.3) is 0 Å². The maximum absolute atomic E-state index is 11.9. The van der Waals surface area contributed by atoms with Crippen molar-refractivity contribution < 1.29 is 69.1 Å². The predicted octanol–water partition coefficient (Wildman–Crippen LogP) is 12.1. The van der Waals surface area contributed by atoms with Crippen molar-refractivity contribution in [1.82, 2.24) is 0 Å². The molecule has 0 aliphatic carbocycles. The number of benzene rings is 4. The monoisotopic (exact) mass is 1160 g/mol. The summed E-state index contributed by atoms with van der Waals surface area (Å²) in [6.07, 6.45) is 5.00. The normalized spacial score (nSPS) is 20.4. The molecule has 70 heavy (non-hydrogen) atoms. The number of Topliss-reactive ketones (excluding diaryl/α,β-unsaturated/α-hetero) is 1. The second-order valence-electron chi connectivity index (χ2n) is 21.9. The largest absolute Gasteiger partial charge is 1.00 e. The fraction of sp³-hybridized carbons (Fsp3) is 0.554. The Labute approximate surface area is 473 Å². The molecule has 0 saturated carbocycles. The minimum absolute atomic E-state index is 0. The first kappa shape index (κ1) is 64.3. The molecule has 5 aliphatic rings. The number of aliphatic hydroxyl groups is 1. The van der Waals surface area contributed by atoms with E-state index in [1.54, 1.807) is 0 Å². The van der Waals surface area contributed by atoms with Crippen molar-refractivity contribution in [2.75, 3.05) is 0 Å². The average molecular weight is 1160 g/mol. The molecule has 1 fully saturated rings. The number of ether oxygens (including phenoxy) is 4. The predicted molar refractivity (Wildman–Crippen MR) is 298 cm³/mol. The fourth-order valence-corrected chi connectivity index (χ4v) is 9.65. The van der Waals surface area contributed by atoms with Gasteiger partial charge in [-0.15, -0.1) is 0 Å². The van der Waals surface area contributed by atoms with E-state index in [-0.39, 0.29) is 95.2 Å². The molecule has 379 valence electrons. The number of hydrogen-bond acceptors (Lipinski definition) is 8. The summed E-state index contributed by atoms with van der Waals surface area (Å²) in [7, 11) is -0.330. The summed E-state index contributed by atoms with van der Waals surface area (Å²) < 4.78 is 39.5. The molecular weight excluding hydrogens is 1080 g/mol. The first-order valence-electron chi connectivity index (χ1n) is 23.1. The summed E-state index contributed by atoms with van der Waals surface area (Å²) in [4.78, 5) is 11.9. The first-order valence-corrected chi connectivity index (χ1v) is 25.5. The molecule has 1 unspecified atom stereocenters. The number of carbonyl (C=O) groups is 1. The summed E-state index contributed by atoms with van der Waals surface area (Å²) in [5, 5.41) is 10.0. The molecule has 9 rings (SSSR count). The Balaban J connectivity index is 0.000000470. The standard InChI is InChI=1S/C18H27BO3.C12H15BrO2.C12H13BrO2.C12H15BrO.2CH4.B.Na.H/c1-12-14(19-21-17(4,5)18(6,7)22-19)9-8-13-10-11-16(2,3)20-15(12)13;2*1-7-9(13)5-4-8-10(14)6-12(2,3)15-11(7)8;1-8-10(13)5-4-9-6-7-12(2,3)14-11(8)9;;;;;/h8-9H,10-11H2,1-7H3;4-5,10,14H,6H2,1-3H3;4-5H,6H2,1-3H3;4-5H,6-7H2,1-3H3;2*1H4;;;/q;;;;;;;+1;-1. The van der Waals surface area contributed by atoms with Crippen LogP contribution in [0.1, 0.15) is 180 Å². The maximum atomic E-state index is 11.9. The van der Waals surface area contributed by atoms with Crippen molar-refractivity contribution in [3.63, 3.8) is 0 Å². The average Bonchev–Trinajstić information content (AvgIpc) is 3.42. The molecule has 4 aromatic carbocycles. The number of hydrogen-bond donors (Lipinski definition) is 1. The number of ketones is 1. The van der Waals surface area contributed by atoms with E-state index in [2.05, 4.69) is 141 Å². The van der Waals surface area contributed by atoms with E-state index in [4.69, 9.17) is 28.3 Å². The van der Waals surface area contributed by atoms with Crippen LogP contribution >= 0.6 is 47.8 Å². The van der Waals surface area contributed by atoms with Gasteiger partial charge in [0.15, 0.2) is 5.78 Å². The van der Waals surface area contributed by atoms with E-state index in [1.165, 1.54) is 16.7 Å². The van der Waals surface area contributed by atoms with Gasteiger partial charge in [0.05, 0.1) is 29.3 Å². The van der Waals surface area contributed by atoms with Gasteiger partial charge in [0.1, 0.15) is 45.4 Å². The van der Waals surface area contributed by atoms with Gasteiger partial charge < -0.3 is 34.8 Å². The summed E-state index contributed by atoms with van der Waals surface area (Å²) in [5.74, 6) is 3.81. The van der Waals surface area contributed by atoms with Crippen LogP contribution in [0.3, 0.4) is 0 Å². The fourth-order valence-electron chi connectivity index (χ4n) is 8.71. The molecule has 0 aromatic heterocycles. The Morgan fingerprint density at radius 3 is 1.47 bits per heavy atom. The molecule has 4 aromatic rings. The zero-order chi connectivity index (χ0) is 49.1. The Bertz CT molecular complexity index is 2500. The van der Waals surface area contributed by atoms with E-state index in [1.807, 2.05) is 65.8 Å². The molecule has 3 radical (unpaired) electrons. The first-order chi connectivity index (χ1) is 30.3. The number of rotatable bonds is 1. The molecule has 1 atom stereocenters. The van der Waals surface area contributed by atoms with Crippen molar-refractivity contribution in [3.8, 4) is 23.0 Å². The molecule has 5 heterocycles. The molecule has 14 heteroatoms. The second kappa shape index (κ2) is 23.8. The Morgan fingerprint density at radius 2 is 0.957 bits per heavy atom. The number of aliphatic hydroxyl groups excluding tert-OH is 1. The van der Waals surface area contributed by atoms with Gasteiger partial charge in [0, 0.05) is 50.5 Å². The van der Waals surface area contributed by atoms with Gasteiger partial charge in [-0.1, -0.05) is 86.9 Å². The van der Waals surface area contributed by atoms with Crippen LogP contribution in [0.4, 0.5) is 0 Å².